The molecule has 11 heteroatoms. The fourth-order valence-corrected chi connectivity index (χ4v) is 2.13. The molecule has 0 aliphatic carbocycles. The van der Waals surface area contributed by atoms with Gasteiger partial charge in [0.25, 0.3) is 0 Å². The fraction of sp³-hybridized carbons (Fsp3) is 0.125. The van der Waals surface area contributed by atoms with Crippen LogP contribution in [0, 0.1) is 0 Å². The van der Waals surface area contributed by atoms with Gasteiger partial charge in [-0.1, -0.05) is 41.6 Å². The molecule has 0 bridgehead atoms. The van der Waals surface area contributed by atoms with E-state index in [4.69, 9.17) is 15.4 Å². The third-order valence-electron chi connectivity index (χ3n) is 3.34. The number of nitrogens with two attached hydrogens (primary N) is 1. The van der Waals surface area contributed by atoms with E-state index in [1.165, 1.54) is 10.7 Å². The van der Waals surface area contributed by atoms with Gasteiger partial charge in [-0.15, -0.1) is 5.10 Å². The molecule has 2 heterocycles. The Hall–Kier alpha value is -3.86. The van der Waals surface area contributed by atoms with Crippen LogP contribution in [0.25, 0.3) is 0 Å². The molecule has 3 rings (SSSR count). The van der Waals surface area contributed by atoms with Crippen molar-refractivity contribution >= 4 is 11.8 Å². The van der Waals surface area contributed by atoms with Gasteiger partial charge in [-0.25, -0.2) is 20.3 Å². The minimum atomic E-state index is -0.820. The molecule has 0 atom stereocenters. The summed E-state index contributed by atoms with van der Waals surface area (Å²) < 4.78 is 6.36. The predicted molar refractivity (Wildman–Crippen MR) is 93.3 cm³/mol. The molecule has 0 aliphatic heterocycles. The monoisotopic (exact) mass is 368 g/mol. The number of benzene rings is 1. The third-order valence-corrected chi connectivity index (χ3v) is 3.34. The molecule has 3 N–H and O–H groups in total. The summed E-state index contributed by atoms with van der Waals surface area (Å²) in [7, 11) is 1.71. The number of nitrogens with zero attached hydrogens (tertiary/aromatic N) is 6. The molecule has 3 aromatic rings. The lowest BCUT2D eigenvalue weighted by Gasteiger charge is -2.07. The molecule has 0 spiro atoms. The zero-order valence-corrected chi connectivity index (χ0v) is 14.3. The van der Waals surface area contributed by atoms with E-state index in [2.05, 4.69) is 25.7 Å². The lowest BCUT2D eigenvalue weighted by molar-refractivity contribution is 0.127. The van der Waals surface area contributed by atoms with Crippen molar-refractivity contribution in [3.05, 3.63) is 65.6 Å². The van der Waals surface area contributed by atoms with Crippen LogP contribution in [0.15, 0.2) is 53.7 Å². The van der Waals surface area contributed by atoms with Crippen LogP contribution in [0.4, 0.5) is 4.79 Å². The summed E-state index contributed by atoms with van der Waals surface area (Å²) in [6.07, 6.45) is -0.820. The molecule has 138 valence electrons. The number of hydrazine groups is 1. The molecule has 2 aromatic heterocycles. The number of oxime groups is 1. The molecular formula is C16H16N8O3. The highest BCUT2D eigenvalue weighted by molar-refractivity contribution is 6.10. The van der Waals surface area contributed by atoms with E-state index < -0.39 is 6.09 Å². The number of nitrogens with one attached hydrogen (secondary N) is 1. The second kappa shape index (κ2) is 8.49. The van der Waals surface area contributed by atoms with Gasteiger partial charge in [0.2, 0.25) is 11.7 Å². The number of carbonyl (C=O) groups excluding carboxylic acids is 1. The first-order valence-corrected chi connectivity index (χ1v) is 7.80. The molecule has 11 nitrogen and oxygen atoms in total. The van der Waals surface area contributed by atoms with Gasteiger partial charge in [-0.3, -0.25) is 5.43 Å². The van der Waals surface area contributed by atoms with Gasteiger partial charge >= 0.3 is 6.09 Å². The number of hydrogen-bond acceptors (Lipinski definition) is 9. The Kier molecular flexibility index (Phi) is 5.64. The van der Waals surface area contributed by atoms with E-state index in [1.54, 1.807) is 19.2 Å². The maximum atomic E-state index is 11.1. The quantitative estimate of drug-likeness (QED) is 0.278. The normalized spacial score (nSPS) is 11.1. The predicted octanol–water partition coefficient (Wildman–Crippen LogP) is 0.536. The average molecular weight is 368 g/mol. The Bertz CT molecular complexity index is 942. The summed E-state index contributed by atoms with van der Waals surface area (Å²) in [6, 6.07) is 14.3. The topological polar surface area (TPSA) is 142 Å². The number of rotatable bonds is 6. The maximum absolute atomic E-state index is 11.1. The smallest absolute Gasteiger partial charge is 0.390 e. The van der Waals surface area contributed by atoms with Crippen molar-refractivity contribution in [3.63, 3.8) is 0 Å². The second-order valence-electron chi connectivity index (χ2n) is 5.21. The minimum absolute atomic E-state index is 0.0447. The summed E-state index contributed by atoms with van der Waals surface area (Å²) in [4.78, 5) is 20.7. The second-order valence-corrected chi connectivity index (χ2v) is 5.21. The van der Waals surface area contributed by atoms with E-state index in [1.807, 2.05) is 35.8 Å². The lowest BCUT2D eigenvalue weighted by atomic mass is 10.1. The van der Waals surface area contributed by atoms with Crippen LogP contribution in [-0.4, -0.2) is 37.0 Å². The van der Waals surface area contributed by atoms with Crippen molar-refractivity contribution in [3.8, 4) is 5.88 Å². The van der Waals surface area contributed by atoms with Gasteiger partial charge in [0.15, 0.2) is 12.3 Å². The highest BCUT2D eigenvalue weighted by Crippen LogP contribution is 2.11. The Morgan fingerprint density at radius 2 is 2.04 bits per heavy atom. The molecule has 0 saturated heterocycles. The summed E-state index contributed by atoms with van der Waals surface area (Å²) in [6.45, 7) is 0.0447. The van der Waals surface area contributed by atoms with Crippen LogP contribution in [0.3, 0.4) is 0 Å². The Balaban J connectivity index is 1.77. The Labute approximate surface area is 153 Å². The number of tetrazole rings is 1. The SMILES string of the molecule is Cn1nnnc1C(=NOCc1cccc(OC(=O)NN)n1)c1ccccc1. The molecule has 0 saturated carbocycles. The first-order valence-electron chi connectivity index (χ1n) is 7.80. The van der Waals surface area contributed by atoms with Crippen LogP contribution in [0.1, 0.15) is 17.1 Å². The number of hydrogen-bond donors (Lipinski definition) is 2. The van der Waals surface area contributed by atoms with Crippen LogP contribution >= 0.6 is 0 Å². The van der Waals surface area contributed by atoms with E-state index in [-0.39, 0.29) is 12.5 Å². The first kappa shape index (κ1) is 17.9. The molecule has 27 heavy (non-hydrogen) atoms. The fourth-order valence-electron chi connectivity index (χ4n) is 2.13. The average Bonchev–Trinajstić information content (AvgIpc) is 3.12. The number of ether oxygens (including phenoxy) is 1. The standard InChI is InChI=1S/C16H16N8O3/c1-24-15(20-22-23-24)14(11-6-3-2-4-7-11)21-26-10-12-8-5-9-13(18-12)27-16(25)19-17/h2-9H,10,17H2,1H3,(H,19,25). The largest absolute Gasteiger partial charge is 0.428 e. The van der Waals surface area contributed by atoms with Gasteiger partial charge in [0.05, 0.1) is 5.69 Å². The van der Waals surface area contributed by atoms with Crippen LogP contribution in [0.2, 0.25) is 0 Å². The number of pyridine rings is 1. The highest BCUT2D eigenvalue weighted by atomic mass is 16.6. The number of amides is 1. The maximum Gasteiger partial charge on any atom is 0.428 e. The minimum Gasteiger partial charge on any atom is -0.390 e. The summed E-state index contributed by atoms with van der Waals surface area (Å²) in [5.74, 6) is 5.51. The summed E-state index contributed by atoms with van der Waals surface area (Å²) in [5, 5.41) is 15.6. The number of carbonyl (C=O) groups is 1. The molecule has 0 unspecified atom stereocenters. The van der Waals surface area contributed by atoms with Crippen molar-refractivity contribution in [2.24, 2.45) is 18.0 Å². The zero-order chi connectivity index (χ0) is 19.1. The van der Waals surface area contributed by atoms with E-state index >= 15 is 0 Å². The molecule has 0 radical (unpaired) electrons. The van der Waals surface area contributed by atoms with Crippen LogP contribution < -0.4 is 16.0 Å². The van der Waals surface area contributed by atoms with Crippen LogP contribution in [-0.2, 0) is 18.5 Å². The van der Waals surface area contributed by atoms with Crippen molar-refractivity contribution in [1.29, 1.82) is 0 Å². The van der Waals surface area contributed by atoms with E-state index in [0.29, 0.717) is 17.2 Å². The van der Waals surface area contributed by atoms with Crippen molar-refractivity contribution in [2.45, 2.75) is 6.61 Å². The molecule has 1 aromatic carbocycles. The molecular weight excluding hydrogens is 352 g/mol. The third kappa shape index (κ3) is 4.61. The number of aryl methyl sites for hydroxylation is 1. The number of aromatic nitrogens is 5. The van der Waals surface area contributed by atoms with Gasteiger partial charge in [-0.05, 0) is 16.5 Å². The zero-order valence-electron chi connectivity index (χ0n) is 14.3. The summed E-state index contributed by atoms with van der Waals surface area (Å²) >= 11 is 0. The van der Waals surface area contributed by atoms with Gasteiger partial charge in [0.1, 0.15) is 0 Å². The Morgan fingerprint density at radius 1 is 1.22 bits per heavy atom. The molecule has 0 aliphatic rings. The first-order chi connectivity index (χ1) is 13.2. The highest BCUT2D eigenvalue weighted by Gasteiger charge is 2.14. The summed E-state index contributed by atoms with van der Waals surface area (Å²) in [5.41, 5.74) is 3.62. The van der Waals surface area contributed by atoms with E-state index in [0.717, 1.165) is 5.56 Å². The van der Waals surface area contributed by atoms with Gasteiger partial charge in [-0.2, -0.15) is 0 Å². The van der Waals surface area contributed by atoms with E-state index in [9.17, 15) is 4.79 Å². The van der Waals surface area contributed by atoms with Crippen molar-refractivity contribution < 1.29 is 14.4 Å². The van der Waals surface area contributed by atoms with Crippen LogP contribution in [0.5, 0.6) is 5.88 Å². The Morgan fingerprint density at radius 3 is 2.74 bits per heavy atom. The molecule has 1 amide bonds. The lowest BCUT2D eigenvalue weighted by Crippen LogP contribution is -2.33. The van der Waals surface area contributed by atoms with Gasteiger partial charge in [0, 0.05) is 18.7 Å². The molecule has 0 fully saturated rings. The van der Waals surface area contributed by atoms with Crippen molar-refractivity contribution in [1.82, 2.24) is 30.6 Å². The van der Waals surface area contributed by atoms with Gasteiger partial charge < -0.3 is 9.57 Å². The van der Waals surface area contributed by atoms with Crippen molar-refractivity contribution in [2.75, 3.05) is 0 Å².